The van der Waals surface area contributed by atoms with Crippen LogP contribution in [0.1, 0.15) is 37.9 Å². The first-order valence-corrected chi connectivity index (χ1v) is 10.7. The summed E-state index contributed by atoms with van der Waals surface area (Å²) >= 11 is 0. The van der Waals surface area contributed by atoms with Crippen LogP contribution in [0.3, 0.4) is 0 Å². The van der Waals surface area contributed by atoms with E-state index in [9.17, 15) is 14.4 Å². The van der Waals surface area contributed by atoms with E-state index in [4.69, 9.17) is 14.2 Å². The van der Waals surface area contributed by atoms with Crippen molar-refractivity contribution in [2.24, 2.45) is 0 Å². The number of amides is 1. The molecule has 0 radical (unpaired) electrons. The second-order valence-corrected chi connectivity index (χ2v) is 8.51. The Labute approximate surface area is 204 Å². The summed E-state index contributed by atoms with van der Waals surface area (Å²) in [6, 6.07) is 10.7. The van der Waals surface area contributed by atoms with E-state index in [0.29, 0.717) is 5.82 Å². The van der Waals surface area contributed by atoms with Gasteiger partial charge in [-0.2, -0.15) is 0 Å². The van der Waals surface area contributed by atoms with Gasteiger partial charge in [-0.25, -0.2) is 24.4 Å². The van der Waals surface area contributed by atoms with Gasteiger partial charge in [-0.1, -0.05) is 30.3 Å². The first-order valence-electron chi connectivity index (χ1n) is 10.7. The molecular weight excluding hydrogens is 452 g/mol. The fraction of sp³-hybridized carbons (Fsp3) is 0.320. The SMILES string of the molecule is COC(=O)C(=Cc1cc(N(C)C)nc(/C=C/C(=O)OC(C)(C)C)n1)NC(=O)OCc1ccccc1. The number of ether oxygens (including phenoxy) is 3. The molecule has 0 aliphatic heterocycles. The van der Waals surface area contributed by atoms with Crippen LogP contribution in [-0.4, -0.2) is 54.8 Å². The van der Waals surface area contributed by atoms with Crippen molar-refractivity contribution in [2.45, 2.75) is 33.0 Å². The molecule has 1 aromatic heterocycles. The van der Waals surface area contributed by atoms with Crippen molar-refractivity contribution in [3.8, 4) is 0 Å². The fourth-order valence-electron chi connectivity index (χ4n) is 2.60. The standard InChI is InChI=1S/C25H30N4O6/c1-25(2,3)35-22(30)13-12-20-26-18(15-21(28-20)29(4)5)14-19(23(31)33-6)27-24(32)34-16-17-10-8-7-9-11-17/h7-15H,16H2,1-6H3,(H,27,32)/b13-12+,19-14?. The third-order valence-corrected chi connectivity index (χ3v) is 4.13. The molecule has 0 saturated heterocycles. The van der Waals surface area contributed by atoms with Crippen molar-refractivity contribution in [1.82, 2.24) is 15.3 Å². The Hall–Kier alpha value is -4.21. The largest absolute Gasteiger partial charge is 0.464 e. The highest BCUT2D eigenvalue weighted by molar-refractivity contribution is 5.96. The molecule has 0 fully saturated rings. The van der Waals surface area contributed by atoms with Gasteiger partial charge in [0.2, 0.25) is 0 Å². The lowest BCUT2D eigenvalue weighted by Crippen LogP contribution is -2.28. The number of aromatic nitrogens is 2. The Morgan fingerprint density at radius 1 is 1.09 bits per heavy atom. The third kappa shape index (κ3) is 9.66. The average Bonchev–Trinajstić information content (AvgIpc) is 2.80. The lowest BCUT2D eigenvalue weighted by molar-refractivity contribution is -0.148. The molecule has 0 bridgehead atoms. The maximum Gasteiger partial charge on any atom is 0.412 e. The minimum atomic E-state index is -0.836. The van der Waals surface area contributed by atoms with Crippen molar-refractivity contribution in [2.75, 3.05) is 26.1 Å². The lowest BCUT2D eigenvalue weighted by Gasteiger charge is -2.17. The highest BCUT2D eigenvalue weighted by atomic mass is 16.6. The minimum Gasteiger partial charge on any atom is -0.464 e. The van der Waals surface area contributed by atoms with E-state index in [1.54, 1.807) is 58.0 Å². The molecule has 0 atom stereocenters. The van der Waals surface area contributed by atoms with Crippen LogP contribution in [0.2, 0.25) is 0 Å². The maximum absolute atomic E-state index is 12.3. The highest BCUT2D eigenvalue weighted by Crippen LogP contribution is 2.15. The van der Waals surface area contributed by atoms with Crippen LogP contribution in [0.15, 0.2) is 48.2 Å². The quantitative estimate of drug-likeness (QED) is 0.343. The number of methoxy groups -OCH3 is 1. The molecule has 35 heavy (non-hydrogen) atoms. The first kappa shape index (κ1) is 27.0. The van der Waals surface area contributed by atoms with Gasteiger partial charge in [-0.3, -0.25) is 5.32 Å². The number of rotatable bonds is 8. The van der Waals surface area contributed by atoms with Crippen LogP contribution >= 0.6 is 0 Å². The average molecular weight is 483 g/mol. The number of hydrogen-bond donors (Lipinski definition) is 1. The number of esters is 2. The fourth-order valence-corrected chi connectivity index (χ4v) is 2.60. The summed E-state index contributed by atoms with van der Waals surface area (Å²) in [4.78, 5) is 47.0. The Morgan fingerprint density at radius 3 is 2.37 bits per heavy atom. The zero-order valence-corrected chi connectivity index (χ0v) is 20.7. The van der Waals surface area contributed by atoms with E-state index < -0.39 is 23.6 Å². The molecule has 186 valence electrons. The van der Waals surface area contributed by atoms with Crippen molar-refractivity contribution in [3.05, 3.63) is 65.3 Å². The molecule has 0 saturated carbocycles. The number of nitrogens with zero attached hydrogens (tertiary/aromatic N) is 3. The van der Waals surface area contributed by atoms with Gasteiger partial charge in [0.25, 0.3) is 0 Å². The molecule has 2 aromatic rings. The molecular formula is C25H30N4O6. The van der Waals surface area contributed by atoms with Crippen LogP contribution in [0.5, 0.6) is 0 Å². The molecule has 0 aliphatic rings. The zero-order valence-electron chi connectivity index (χ0n) is 20.7. The topological polar surface area (TPSA) is 120 Å². The van der Waals surface area contributed by atoms with Gasteiger partial charge in [-0.05, 0) is 38.5 Å². The molecule has 1 N–H and O–H groups in total. The van der Waals surface area contributed by atoms with E-state index in [2.05, 4.69) is 15.3 Å². The van der Waals surface area contributed by atoms with Crippen molar-refractivity contribution in [1.29, 1.82) is 0 Å². The Bertz CT molecular complexity index is 1100. The molecule has 2 rings (SSSR count). The van der Waals surface area contributed by atoms with Gasteiger partial charge in [0, 0.05) is 26.2 Å². The van der Waals surface area contributed by atoms with Gasteiger partial charge in [-0.15, -0.1) is 0 Å². The van der Waals surface area contributed by atoms with Crippen LogP contribution in [-0.2, 0) is 30.4 Å². The van der Waals surface area contributed by atoms with E-state index >= 15 is 0 Å². The molecule has 10 heteroatoms. The molecule has 0 aliphatic carbocycles. The summed E-state index contributed by atoms with van der Waals surface area (Å²) < 4.78 is 15.2. The van der Waals surface area contributed by atoms with E-state index in [-0.39, 0.29) is 23.8 Å². The molecule has 0 unspecified atom stereocenters. The smallest absolute Gasteiger partial charge is 0.412 e. The summed E-state index contributed by atoms with van der Waals surface area (Å²) in [5.41, 5.74) is 0.254. The summed E-state index contributed by atoms with van der Waals surface area (Å²) in [7, 11) is 4.74. The van der Waals surface area contributed by atoms with Crippen LogP contribution in [0, 0.1) is 0 Å². The van der Waals surface area contributed by atoms with Gasteiger partial charge in [0.15, 0.2) is 5.82 Å². The minimum absolute atomic E-state index is 0.0268. The lowest BCUT2D eigenvalue weighted by atomic mass is 10.2. The van der Waals surface area contributed by atoms with Crippen molar-refractivity contribution in [3.63, 3.8) is 0 Å². The van der Waals surface area contributed by atoms with E-state index in [0.717, 1.165) is 5.56 Å². The molecule has 1 heterocycles. The van der Waals surface area contributed by atoms with Crippen molar-refractivity contribution < 1.29 is 28.6 Å². The third-order valence-electron chi connectivity index (χ3n) is 4.13. The number of benzene rings is 1. The first-order chi connectivity index (χ1) is 16.5. The summed E-state index contributed by atoms with van der Waals surface area (Å²) in [5.74, 6) is -0.640. The Kier molecular flexibility index (Phi) is 9.51. The molecule has 1 aromatic carbocycles. The van der Waals surface area contributed by atoms with E-state index in [1.165, 1.54) is 25.3 Å². The van der Waals surface area contributed by atoms with Gasteiger partial charge in [0.05, 0.1) is 12.8 Å². The Balaban J connectivity index is 2.28. The number of carbonyl (C=O) groups is 3. The van der Waals surface area contributed by atoms with Gasteiger partial charge < -0.3 is 19.1 Å². The number of carbonyl (C=O) groups excluding carboxylic acids is 3. The van der Waals surface area contributed by atoms with Crippen LogP contribution in [0.4, 0.5) is 10.6 Å². The van der Waals surface area contributed by atoms with E-state index in [1.807, 2.05) is 18.2 Å². The normalized spacial score (nSPS) is 11.7. The number of anilines is 1. The number of hydrogen-bond acceptors (Lipinski definition) is 9. The summed E-state index contributed by atoms with van der Waals surface area (Å²) in [6.45, 7) is 5.31. The summed E-state index contributed by atoms with van der Waals surface area (Å²) in [6.07, 6.45) is 3.11. The molecule has 10 nitrogen and oxygen atoms in total. The van der Waals surface area contributed by atoms with Crippen LogP contribution < -0.4 is 10.2 Å². The van der Waals surface area contributed by atoms with Crippen molar-refractivity contribution >= 4 is 36.0 Å². The number of nitrogens with one attached hydrogen (secondary N) is 1. The highest BCUT2D eigenvalue weighted by Gasteiger charge is 2.17. The second kappa shape index (κ2) is 12.3. The van der Waals surface area contributed by atoms with Crippen LogP contribution in [0.25, 0.3) is 12.2 Å². The maximum atomic E-state index is 12.3. The molecule has 0 spiro atoms. The molecule has 1 amide bonds. The van der Waals surface area contributed by atoms with Gasteiger partial charge >= 0.3 is 18.0 Å². The predicted molar refractivity (Wildman–Crippen MR) is 131 cm³/mol. The second-order valence-electron chi connectivity index (χ2n) is 8.51. The van der Waals surface area contributed by atoms with Gasteiger partial charge in [0.1, 0.15) is 23.7 Å². The monoisotopic (exact) mass is 482 g/mol. The summed E-state index contributed by atoms with van der Waals surface area (Å²) in [5, 5.41) is 2.39. The zero-order chi connectivity index (χ0) is 26.0. The predicted octanol–water partition coefficient (Wildman–Crippen LogP) is 3.34. The Morgan fingerprint density at radius 2 is 1.77 bits per heavy atom. The number of alkyl carbamates (subject to hydrolysis) is 1.